The van der Waals surface area contributed by atoms with Crippen molar-refractivity contribution in [2.45, 2.75) is 29.7 Å². The third kappa shape index (κ3) is 3.09. The van der Waals surface area contributed by atoms with E-state index in [1.54, 1.807) is 0 Å². The minimum atomic E-state index is 0.284. The van der Waals surface area contributed by atoms with Gasteiger partial charge in [-0.1, -0.05) is 60.3 Å². The van der Waals surface area contributed by atoms with Crippen molar-refractivity contribution in [1.82, 2.24) is 20.1 Å². The van der Waals surface area contributed by atoms with Gasteiger partial charge in [-0.2, -0.15) is 0 Å². The highest BCUT2D eigenvalue weighted by atomic mass is 32.2. The number of piperidine rings is 1. The lowest BCUT2D eigenvalue weighted by Gasteiger charge is -2.22. The van der Waals surface area contributed by atoms with Crippen molar-refractivity contribution in [3.8, 4) is 11.1 Å². The fourth-order valence-electron chi connectivity index (χ4n) is 4.31. The van der Waals surface area contributed by atoms with Crippen molar-refractivity contribution < 1.29 is 0 Å². The van der Waals surface area contributed by atoms with E-state index in [0.29, 0.717) is 0 Å². The first-order valence-electron chi connectivity index (χ1n) is 9.75. The zero-order chi connectivity index (χ0) is 18.2. The Bertz CT molecular complexity index is 913. The van der Waals surface area contributed by atoms with Crippen molar-refractivity contribution in [2.24, 2.45) is 13.0 Å². The molecule has 2 aliphatic rings. The summed E-state index contributed by atoms with van der Waals surface area (Å²) in [6.45, 7) is 2.25. The lowest BCUT2D eigenvalue weighted by molar-refractivity contribution is 0.363. The fraction of sp³-hybridized carbons (Fsp3) is 0.364. The zero-order valence-corrected chi connectivity index (χ0v) is 16.4. The summed E-state index contributed by atoms with van der Waals surface area (Å²) in [5.74, 6) is 1.84. The Labute approximate surface area is 164 Å². The maximum absolute atomic E-state index is 4.55. The fourth-order valence-corrected chi connectivity index (χ4v) is 5.54. The number of hydrogen-bond donors (Lipinski definition) is 1. The first-order chi connectivity index (χ1) is 13.3. The molecule has 0 amide bonds. The highest BCUT2D eigenvalue weighted by Crippen LogP contribution is 2.51. The summed E-state index contributed by atoms with van der Waals surface area (Å²) in [5.41, 5.74) is 5.46. The van der Waals surface area contributed by atoms with Crippen LogP contribution in [0.1, 0.15) is 35.0 Å². The van der Waals surface area contributed by atoms with Gasteiger partial charge in [-0.25, -0.2) is 0 Å². The molecule has 1 aromatic heterocycles. The van der Waals surface area contributed by atoms with E-state index in [1.807, 2.05) is 11.8 Å². The number of thioether (sulfide) groups is 1. The molecule has 0 bridgehead atoms. The zero-order valence-electron chi connectivity index (χ0n) is 15.6. The summed E-state index contributed by atoms with van der Waals surface area (Å²) in [5, 5.41) is 13.8. The van der Waals surface area contributed by atoms with Gasteiger partial charge < -0.3 is 9.88 Å². The molecule has 0 radical (unpaired) electrons. The summed E-state index contributed by atoms with van der Waals surface area (Å²) in [6.07, 6.45) is 3.50. The third-order valence-electron chi connectivity index (χ3n) is 5.86. The quantitative estimate of drug-likeness (QED) is 0.740. The first-order valence-corrected chi connectivity index (χ1v) is 10.6. The molecular weight excluding hydrogens is 352 g/mol. The molecule has 2 aromatic carbocycles. The van der Waals surface area contributed by atoms with Crippen LogP contribution in [0.15, 0.2) is 53.7 Å². The van der Waals surface area contributed by atoms with E-state index in [0.717, 1.165) is 36.4 Å². The number of fused-ring (bicyclic) bond motifs is 3. The predicted molar refractivity (Wildman–Crippen MR) is 110 cm³/mol. The van der Waals surface area contributed by atoms with Crippen molar-refractivity contribution >= 4 is 11.8 Å². The molecule has 1 fully saturated rings. The average Bonchev–Trinajstić information content (AvgIpc) is 3.22. The van der Waals surface area contributed by atoms with Gasteiger partial charge in [-0.05, 0) is 54.1 Å². The second-order valence-corrected chi connectivity index (χ2v) is 8.60. The van der Waals surface area contributed by atoms with E-state index in [1.165, 1.54) is 35.1 Å². The SMILES string of the molecule is Cn1c(CC2CCNCC2)nnc1SC1c2ccccc2-c2ccccc21. The van der Waals surface area contributed by atoms with E-state index in [9.17, 15) is 0 Å². The number of nitrogens with one attached hydrogen (secondary N) is 1. The molecule has 1 N–H and O–H groups in total. The largest absolute Gasteiger partial charge is 0.317 e. The Balaban J connectivity index is 1.42. The Hall–Kier alpha value is -2.11. The highest BCUT2D eigenvalue weighted by Gasteiger charge is 2.30. The summed E-state index contributed by atoms with van der Waals surface area (Å²) < 4.78 is 2.20. The number of nitrogens with zero attached hydrogens (tertiary/aromatic N) is 3. The van der Waals surface area contributed by atoms with Gasteiger partial charge in [0.2, 0.25) is 0 Å². The second kappa shape index (κ2) is 7.13. The number of aromatic nitrogens is 3. The van der Waals surface area contributed by atoms with Crippen LogP contribution in [0.4, 0.5) is 0 Å². The molecule has 2 heterocycles. The number of hydrogen-bond acceptors (Lipinski definition) is 4. The second-order valence-electron chi connectivity index (χ2n) is 7.53. The summed E-state index contributed by atoms with van der Waals surface area (Å²) >= 11 is 1.82. The molecule has 3 aromatic rings. The number of benzene rings is 2. The maximum atomic E-state index is 4.55. The van der Waals surface area contributed by atoms with Crippen LogP contribution in [0.3, 0.4) is 0 Å². The van der Waals surface area contributed by atoms with E-state index in [-0.39, 0.29) is 5.25 Å². The van der Waals surface area contributed by atoms with Gasteiger partial charge in [0.15, 0.2) is 5.16 Å². The average molecular weight is 377 g/mol. The van der Waals surface area contributed by atoms with E-state index in [4.69, 9.17) is 0 Å². The predicted octanol–water partition coefficient (Wildman–Crippen LogP) is 4.22. The number of rotatable bonds is 4. The molecule has 0 atom stereocenters. The van der Waals surface area contributed by atoms with Crippen molar-refractivity contribution in [2.75, 3.05) is 13.1 Å². The van der Waals surface area contributed by atoms with Crippen LogP contribution in [-0.2, 0) is 13.5 Å². The van der Waals surface area contributed by atoms with Crippen LogP contribution in [0.5, 0.6) is 0 Å². The van der Waals surface area contributed by atoms with Crippen molar-refractivity contribution in [3.63, 3.8) is 0 Å². The Morgan fingerprint density at radius 2 is 1.59 bits per heavy atom. The topological polar surface area (TPSA) is 42.7 Å². The molecule has 1 aliphatic heterocycles. The summed E-state index contributed by atoms with van der Waals surface area (Å²) in [6, 6.07) is 17.5. The van der Waals surface area contributed by atoms with Crippen molar-refractivity contribution in [1.29, 1.82) is 0 Å². The highest BCUT2D eigenvalue weighted by molar-refractivity contribution is 7.99. The smallest absolute Gasteiger partial charge is 0.191 e. The van der Waals surface area contributed by atoms with Crippen LogP contribution in [0.2, 0.25) is 0 Å². The van der Waals surface area contributed by atoms with Gasteiger partial charge in [0.1, 0.15) is 5.82 Å². The van der Waals surface area contributed by atoms with Crippen LogP contribution < -0.4 is 5.32 Å². The lowest BCUT2D eigenvalue weighted by Crippen LogP contribution is -2.29. The van der Waals surface area contributed by atoms with Gasteiger partial charge in [-0.15, -0.1) is 10.2 Å². The lowest BCUT2D eigenvalue weighted by atomic mass is 9.94. The Morgan fingerprint density at radius 1 is 0.963 bits per heavy atom. The Kier molecular flexibility index (Phi) is 4.50. The molecular formula is C22H24N4S. The van der Waals surface area contributed by atoms with Gasteiger partial charge in [-0.3, -0.25) is 0 Å². The molecule has 5 rings (SSSR count). The van der Waals surface area contributed by atoms with Crippen LogP contribution >= 0.6 is 11.8 Å². The molecule has 138 valence electrons. The maximum Gasteiger partial charge on any atom is 0.191 e. The molecule has 0 saturated carbocycles. The molecule has 0 spiro atoms. The molecule has 27 heavy (non-hydrogen) atoms. The van der Waals surface area contributed by atoms with Crippen LogP contribution in [0.25, 0.3) is 11.1 Å². The van der Waals surface area contributed by atoms with E-state index in [2.05, 4.69) is 75.7 Å². The van der Waals surface area contributed by atoms with Gasteiger partial charge in [0.05, 0.1) is 5.25 Å². The first kappa shape index (κ1) is 17.0. The van der Waals surface area contributed by atoms with Crippen LogP contribution in [0, 0.1) is 5.92 Å². The molecule has 5 heteroatoms. The normalized spacial score (nSPS) is 17.1. The van der Waals surface area contributed by atoms with Gasteiger partial charge in [0.25, 0.3) is 0 Å². The van der Waals surface area contributed by atoms with Crippen LogP contribution in [-0.4, -0.2) is 27.9 Å². The Morgan fingerprint density at radius 3 is 2.26 bits per heavy atom. The standard InChI is InChI=1S/C22H24N4S/c1-26-20(14-15-10-12-23-13-11-15)24-25-22(26)27-21-18-8-4-2-6-16(18)17-7-3-5-9-19(17)21/h2-9,15,21,23H,10-14H2,1H3. The minimum Gasteiger partial charge on any atom is -0.317 e. The summed E-state index contributed by atoms with van der Waals surface area (Å²) in [4.78, 5) is 0. The van der Waals surface area contributed by atoms with Crippen molar-refractivity contribution in [3.05, 3.63) is 65.5 Å². The van der Waals surface area contributed by atoms with Gasteiger partial charge >= 0.3 is 0 Å². The third-order valence-corrected chi connectivity index (χ3v) is 7.16. The van der Waals surface area contributed by atoms with E-state index < -0.39 is 0 Å². The summed E-state index contributed by atoms with van der Waals surface area (Å²) in [7, 11) is 2.12. The molecule has 1 aliphatic carbocycles. The van der Waals surface area contributed by atoms with E-state index >= 15 is 0 Å². The monoisotopic (exact) mass is 376 g/mol. The molecule has 1 saturated heterocycles. The van der Waals surface area contributed by atoms with Gasteiger partial charge in [0, 0.05) is 13.5 Å². The minimum absolute atomic E-state index is 0.284. The molecule has 4 nitrogen and oxygen atoms in total. The molecule has 0 unspecified atom stereocenters.